The molecule has 3 N–H and O–H groups in total. The van der Waals surface area contributed by atoms with E-state index in [0.717, 1.165) is 154 Å². The van der Waals surface area contributed by atoms with Crippen molar-refractivity contribution in [3.8, 4) is 0 Å². The SMILES string of the molecule is CC/C=C\C/C=C\C/C=C\C/C=C\C/C=C\C/C=C\C/C=C\C/C=C\C/C=C\CCCCCCCCCCCC(=O)OC(COC(=O)CCCCCCCCC/C=C\C/C=C\C/C=C\C/C=C\C/C=C\C/C=C\C/C=C\CC)COP(=O)(O)OCCN. The van der Waals surface area contributed by atoms with Crippen molar-refractivity contribution in [2.24, 2.45) is 5.73 Å². The minimum Gasteiger partial charge on any atom is -0.462 e. The largest absolute Gasteiger partial charge is 0.472 e. The van der Waals surface area contributed by atoms with Crippen molar-refractivity contribution in [2.45, 2.75) is 251 Å². The Hall–Kier alpha value is -5.15. The van der Waals surface area contributed by atoms with Gasteiger partial charge in [-0.3, -0.25) is 18.6 Å². The van der Waals surface area contributed by atoms with Crippen LogP contribution in [0, 0.1) is 0 Å². The summed E-state index contributed by atoms with van der Waals surface area (Å²) in [5, 5.41) is 0. The molecule has 0 bridgehead atoms. The molecule has 2 atom stereocenters. The molecule has 0 heterocycles. The van der Waals surface area contributed by atoms with Gasteiger partial charge in [0.2, 0.25) is 0 Å². The van der Waals surface area contributed by atoms with Crippen molar-refractivity contribution >= 4 is 19.8 Å². The first-order chi connectivity index (χ1) is 42.8. The summed E-state index contributed by atoms with van der Waals surface area (Å²) in [6.07, 6.45) is 106. The van der Waals surface area contributed by atoms with Gasteiger partial charge in [-0.2, -0.15) is 0 Å². The van der Waals surface area contributed by atoms with E-state index >= 15 is 0 Å². The second kappa shape index (κ2) is 69.9. The Kier molecular flexibility index (Phi) is 65.8. The fraction of sp³-hybridized carbons (Fsp3) is 0.558. The average molecular weight is 1220 g/mol. The van der Waals surface area contributed by atoms with Gasteiger partial charge in [-0.1, -0.05) is 285 Å². The predicted octanol–water partition coefficient (Wildman–Crippen LogP) is 22.5. The number of hydrogen-bond donors (Lipinski definition) is 2. The summed E-state index contributed by atoms with van der Waals surface area (Å²) in [5.74, 6) is -0.861. The Balaban J connectivity index is 4.03. The molecule has 0 rings (SSSR count). The minimum atomic E-state index is -4.41. The Morgan fingerprint density at radius 2 is 0.598 bits per heavy atom. The van der Waals surface area contributed by atoms with E-state index in [-0.39, 0.29) is 32.6 Å². The molecule has 0 aliphatic heterocycles. The highest BCUT2D eigenvalue weighted by Gasteiger charge is 2.26. The number of ether oxygens (including phenoxy) is 2. The topological polar surface area (TPSA) is 134 Å². The van der Waals surface area contributed by atoms with Crippen molar-refractivity contribution in [3.63, 3.8) is 0 Å². The van der Waals surface area contributed by atoms with Gasteiger partial charge in [-0.05, 0) is 141 Å². The van der Waals surface area contributed by atoms with E-state index in [1.165, 1.54) is 51.4 Å². The summed E-state index contributed by atoms with van der Waals surface area (Å²) in [6.45, 7) is 3.48. The van der Waals surface area contributed by atoms with Crippen LogP contribution in [0.5, 0.6) is 0 Å². The number of carbonyl (C=O) groups excluding carboxylic acids is 2. The van der Waals surface area contributed by atoms with E-state index in [0.29, 0.717) is 12.8 Å². The maximum Gasteiger partial charge on any atom is 0.472 e. The van der Waals surface area contributed by atoms with Crippen LogP contribution in [0.25, 0.3) is 0 Å². The zero-order chi connectivity index (χ0) is 63.0. The fourth-order valence-electron chi connectivity index (χ4n) is 8.55. The Bertz CT molecular complexity index is 2130. The molecular weight excluding hydrogens is 1100 g/mol. The second-order valence-corrected chi connectivity index (χ2v) is 23.0. The molecule has 488 valence electrons. The molecule has 0 aromatic rings. The Morgan fingerprint density at radius 1 is 0.345 bits per heavy atom. The summed E-state index contributed by atoms with van der Waals surface area (Å²) < 4.78 is 33.1. The van der Waals surface area contributed by atoms with Gasteiger partial charge in [-0.15, -0.1) is 0 Å². The van der Waals surface area contributed by atoms with Gasteiger partial charge >= 0.3 is 19.8 Å². The normalized spacial score (nSPS) is 14.2. The average Bonchev–Trinajstić information content (AvgIpc) is 3.65. The van der Waals surface area contributed by atoms with Gasteiger partial charge in [0, 0.05) is 19.4 Å². The minimum absolute atomic E-state index is 0.0402. The molecule has 0 fully saturated rings. The van der Waals surface area contributed by atoms with Crippen LogP contribution in [0.15, 0.2) is 194 Å². The van der Waals surface area contributed by atoms with Gasteiger partial charge in [0.15, 0.2) is 6.10 Å². The Labute approximate surface area is 532 Å². The van der Waals surface area contributed by atoms with Crippen molar-refractivity contribution < 1.29 is 37.6 Å². The number of phosphoric acid groups is 1. The first-order valence-corrected chi connectivity index (χ1v) is 35.4. The molecule has 10 heteroatoms. The molecule has 2 unspecified atom stereocenters. The third kappa shape index (κ3) is 69.8. The van der Waals surface area contributed by atoms with Crippen LogP contribution in [0.2, 0.25) is 0 Å². The van der Waals surface area contributed by atoms with Crippen LogP contribution in [-0.4, -0.2) is 49.3 Å². The molecule has 0 amide bonds. The summed E-state index contributed by atoms with van der Waals surface area (Å²) in [7, 11) is -4.41. The smallest absolute Gasteiger partial charge is 0.462 e. The number of unbranched alkanes of at least 4 members (excludes halogenated alkanes) is 16. The zero-order valence-electron chi connectivity index (χ0n) is 54.7. The predicted molar refractivity (Wildman–Crippen MR) is 375 cm³/mol. The highest BCUT2D eigenvalue weighted by atomic mass is 31.2. The number of hydrogen-bond acceptors (Lipinski definition) is 8. The maximum absolute atomic E-state index is 12.8. The molecular formula is C77H122NO8P. The summed E-state index contributed by atoms with van der Waals surface area (Å²) in [4.78, 5) is 35.3. The molecule has 0 aliphatic rings. The highest BCUT2D eigenvalue weighted by Crippen LogP contribution is 2.43. The molecule has 0 spiro atoms. The summed E-state index contributed by atoms with van der Waals surface area (Å²) in [5.41, 5.74) is 5.40. The lowest BCUT2D eigenvalue weighted by molar-refractivity contribution is -0.161. The van der Waals surface area contributed by atoms with Gasteiger partial charge in [0.05, 0.1) is 13.2 Å². The number of allylic oxidation sites excluding steroid dienone is 32. The molecule has 87 heavy (non-hydrogen) atoms. The fourth-order valence-corrected chi connectivity index (χ4v) is 9.31. The van der Waals surface area contributed by atoms with Crippen molar-refractivity contribution in [3.05, 3.63) is 194 Å². The van der Waals surface area contributed by atoms with Crippen molar-refractivity contribution in [1.29, 1.82) is 0 Å². The van der Waals surface area contributed by atoms with Crippen LogP contribution in [0.4, 0.5) is 0 Å². The van der Waals surface area contributed by atoms with Gasteiger partial charge < -0.3 is 20.1 Å². The standard InChI is InChI=1S/C77H122NO8P/c1-3-5-7-9-11-13-15-17-19-21-23-25-27-29-31-33-34-35-36-37-38-39-40-42-44-46-48-50-52-54-56-58-60-62-64-66-68-70-77(80)86-75(74-85-87(81,82)84-72-71-78)73-83-76(79)69-67-65-63-61-59-57-55-53-51-49-47-45-43-41-32-30-28-26-24-22-20-18-16-14-12-10-8-6-4-2/h5-8,11-14,17-20,23-26,29-32,34-35,37-38,40,42-43,45-46,48-49,51,75H,3-4,9-10,15-16,21-22,27-28,33,36,39,41,44,47,50,52-74,78H2,1-2H3,(H,81,82)/b7-5-,8-6-,13-11-,14-12-,19-17-,20-18-,25-23-,26-24-,31-29-,32-30-,35-34-,38-37-,42-40-,45-43-,48-46-,51-49-. The van der Waals surface area contributed by atoms with E-state index in [9.17, 15) is 19.0 Å². The highest BCUT2D eigenvalue weighted by molar-refractivity contribution is 7.47. The van der Waals surface area contributed by atoms with E-state index in [1.807, 2.05) is 0 Å². The summed E-state index contributed by atoms with van der Waals surface area (Å²) >= 11 is 0. The Morgan fingerprint density at radius 3 is 0.885 bits per heavy atom. The number of nitrogens with two attached hydrogens (primary N) is 1. The maximum atomic E-state index is 12.8. The number of carbonyl (C=O) groups is 2. The lowest BCUT2D eigenvalue weighted by Gasteiger charge is -2.19. The van der Waals surface area contributed by atoms with Crippen LogP contribution in [-0.2, 0) is 32.7 Å². The number of phosphoric ester groups is 1. The van der Waals surface area contributed by atoms with E-state index in [2.05, 4.69) is 208 Å². The van der Waals surface area contributed by atoms with Gasteiger partial charge in [-0.25, -0.2) is 4.57 Å². The molecule has 0 radical (unpaired) electrons. The molecule has 0 saturated carbocycles. The van der Waals surface area contributed by atoms with E-state index < -0.39 is 32.5 Å². The molecule has 0 aromatic heterocycles. The van der Waals surface area contributed by atoms with Crippen LogP contribution >= 0.6 is 7.82 Å². The third-order valence-corrected chi connectivity index (χ3v) is 14.5. The first kappa shape index (κ1) is 81.8. The molecule has 0 saturated heterocycles. The number of rotatable bonds is 61. The summed E-state index contributed by atoms with van der Waals surface area (Å²) in [6, 6.07) is 0. The third-order valence-electron chi connectivity index (χ3n) is 13.5. The zero-order valence-corrected chi connectivity index (χ0v) is 55.6. The quantitative estimate of drug-likeness (QED) is 0.0264. The van der Waals surface area contributed by atoms with Crippen LogP contribution in [0.1, 0.15) is 245 Å². The van der Waals surface area contributed by atoms with E-state index in [1.54, 1.807) is 0 Å². The van der Waals surface area contributed by atoms with Crippen molar-refractivity contribution in [2.75, 3.05) is 26.4 Å². The van der Waals surface area contributed by atoms with Crippen molar-refractivity contribution in [1.82, 2.24) is 0 Å². The van der Waals surface area contributed by atoms with Crippen LogP contribution in [0.3, 0.4) is 0 Å². The lowest BCUT2D eigenvalue weighted by Crippen LogP contribution is -2.29. The lowest BCUT2D eigenvalue weighted by atomic mass is 10.1. The number of esters is 2. The van der Waals surface area contributed by atoms with E-state index in [4.69, 9.17) is 24.3 Å². The molecule has 9 nitrogen and oxygen atoms in total. The monoisotopic (exact) mass is 1220 g/mol. The van der Waals surface area contributed by atoms with Gasteiger partial charge in [0.25, 0.3) is 0 Å². The molecule has 0 aromatic carbocycles. The molecule has 0 aliphatic carbocycles. The van der Waals surface area contributed by atoms with Crippen LogP contribution < -0.4 is 5.73 Å². The van der Waals surface area contributed by atoms with Gasteiger partial charge in [0.1, 0.15) is 6.61 Å². The first-order valence-electron chi connectivity index (χ1n) is 33.9. The second-order valence-electron chi connectivity index (χ2n) is 21.6.